The van der Waals surface area contributed by atoms with Gasteiger partial charge >= 0.3 is 0 Å². The molecule has 0 atom stereocenters. The molecule has 0 spiro atoms. The van der Waals surface area contributed by atoms with Gasteiger partial charge in [-0.3, -0.25) is 4.79 Å². The van der Waals surface area contributed by atoms with Gasteiger partial charge in [0.15, 0.2) is 0 Å². The molecule has 1 aromatic heterocycles. The third-order valence-electron chi connectivity index (χ3n) is 7.35. The summed E-state index contributed by atoms with van der Waals surface area (Å²) >= 11 is 0. The van der Waals surface area contributed by atoms with Crippen LogP contribution in [0.25, 0.3) is 0 Å². The molecule has 6 nitrogen and oxygen atoms in total. The standard InChI is InChI=1S/C27H36N4O2/c1-18(2)33-23-8-5-20(6-9-23)27(32)31-17-22-4-3-13-29-26(22)30-24-10-7-21(16-25(24)31)19-11-14-28-15-12-19/h3-4,7,10,13,16,18-20,23,28H,5-6,8-9,11-12,14-15,17H2,1-2H3,(H,29,30)/t20-,23-. The van der Waals surface area contributed by atoms with Crippen LogP contribution in [0.3, 0.4) is 0 Å². The molecule has 5 rings (SSSR count). The topological polar surface area (TPSA) is 66.5 Å². The number of benzene rings is 1. The minimum atomic E-state index is 0.0469. The van der Waals surface area contributed by atoms with Crippen molar-refractivity contribution in [3.63, 3.8) is 0 Å². The number of fused-ring (bicyclic) bond motifs is 2. The largest absolute Gasteiger partial charge is 0.376 e. The number of carbonyl (C=O) groups is 1. The van der Waals surface area contributed by atoms with Crippen LogP contribution in [-0.4, -0.2) is 36.2 Å². The van der Waals surface area contributed by atoms with Gasteiger partial charge in [-0.1, -0.05) is 12.1 Å². The molecule has 1 aromatic carbocycles. The van der Waals surface area contributed by atoms with E-state index in [-0.39, 0.29) is 24.0 Å². The summed E-state index contributed by atoms with van der Waals surface area (Å²) in [7, 11) is 0. The second-order valence-corrected chi connectivity index (χ2v) is 10.0. The fourth-order valence-corrected chi connectivity index (χ4v) is 5.60. The van der Waals surface area contributed by atoms with Gasteiger partial charge in [0.2, 0.25) is 5.91 Å². The highest BCUT2D eigenvalue weighted by Gasteiger charge is 2.33. The number of amides is 1. The smallest absolute Gasteiger partial charge is 0.230 e. The Morgan fingerprint density at radius 2 is 1.88 bits per heavy atom. The average molecular weight is 449 g/mol. The number of rotatable bonds is 4. The van der Waals surface area contributed by atoms with Gasteiger partial charge in [-0.2, -0.15) is 0 Å². The molecule has 176 valence electrons. The molecule has 2 aromatic rings. The molecule has 1 aliphatic carbocycles. The maximum Gasteiger partial charge on any atom is 0.230 e. The van der Waals surface area contributed by atoms with Crippen molar-refractivity contribution in [3.8, 4) is 0 Å². The number of aromatic nitrogens is 1. The molecule has 2 fully saturated rings. The molecule has 0 bridgehead atoms. The summed E-state index contributed by atoms with van der Waals surface area (Å²) in [4.78, 5) is 20.5. The first-order valence-electron chi connectivity index (χ1n) is 12.6. The Labute approximate surface area is 197 Å². The lowest BCUT2D eigenvalue weighted by Gasteiger charge is -2.33. The Bertz CT molecular complexity index is 978. The Morgan fingerprint density at radius 1 is 1.09 bits per heavy atom. The van der Waals surface area contributed by atoms with Gasteiger partial charge in [-0.25, -0.2) is 4.98 Å². The van der Waals surface area contributed by atoms with E-state index >= 15 is 0 Å². The van der Waals surface area contributed by atoms with Crippen LogP contribution in [0.2, 0.25) is 0 Å². The highest BCUT2D eigenvalue weighted by Crippen LogP contribution is 2.40. The Balaban J connectivity index is 1.43. The van der Waals surface area contributed by atoms with Crippen molar-refractivity contribution in [1.82, 2.24) is 10.3 Å². The number of nitrogens with zero attached hydrogens (tertiary/aromatic N) is 2. The zero-order chi connectivity index (χ0) is 22.8. The maximum absolute atomic E-state index is 13.9. The average Bonchev–Trinajstić information content (AvgIpc) is 3.00. The molecule has 0 unspecified atom stereocenters. The summed E-state index contributed by atoms with van der Waals surface area (Å²) in [6.07, 6.45) is 8.31. The number of hydrogen-bond acceptors (Lipinski definition) is 5. The number of carbonyl (C=O) groups excluding carboxylic acids is 1. The molecule has 3 aliphatic rings. The van der Waals surface area contributed by atoms with Gasteiger partial charge in [0.25, 0.3) is 0 Å². The van der Waals surface area contributed by atoms with Crippen LogP contribution in [0.4, 0.5) is 17.2 Å². The molecule has 2 aliphatic heterocycles. The molecule has 1 amide bonds. The van der Waals surface area contributed by atoms with Crippen LogP contribution in [0, 0.1) is 5.92 Å². The summed E-state index contributed by atoms with van der Waals surface area (Å²) in [5.41, 5.74) is 4.36. The quantitative estimate of drug-likeness (QED) is 0.679. The van der Waals surface area contributed by atoms with Crippen molar-refractivity contribution < 1.29 is 9.53 Å². The van der Waals surface area contributed by atoms with Crippen LogP contribution in [0.1, 0.15) is 69.4 Å². The van der Waals surface area contributed by atoms with E-state index in [4.69, 9.17) is 4.74 Å². The number of nitrogens with one attached hydrogen (secondary N) is 2. The summed E-state index contributed by atoms with van der Waals surface area (Å²) in [6, 6.07) is 10.7. The van der Waals surface area contributed by atoms with Crippen molar-refractivity contribution in [2.45, 2.75) is 77.0 Å². The number of ether oxygens (including phenoxy) is 1. The Morgan fingerprint density at radius 3 is 2.64 bits per heavy atom. The zero-order valence-corrected chi connectivity index (χ0v) is 19.8. The SMILES string of the molecule is CC(C)O[C@H]1CC[C@H](C(=O)N2Cc3cccnc3Nc3ccc(C4CCNCC4)cc32)CC1. The molecule has 1 saturated carbocycles. The molecule has 2 N–H and O–H groups in total. The first-order chi connectivity index (χ1) is 16.1. The number of pyridine rings is 1. The Hall–Kier alpha value is -2.44. The van der Waals surface area contributed by atoms with Crippen molar-refractivity contribution in [3.05, 3.63) is 47.7 Å². The number of anilines is 3. The fourth-order valence-electron chi connectivity index (χ4n) is 5.60. The lowest BCUT2D eigenvalue weighted by atomic mass is 9.85. The minimum Gasteiger partial charge on any atom is -0.376 e. The van der Waals surface area contributed by atoms with Gasteiger partial charge in [0.05, 0.1) is 30.1 Å². The number of hydrogen-bond donors (Lipinski definition) is 2. The van der Waals surface area contributed by atoms with Crippen LogP contribution in [0.5, 0.6) is 0 Å². The van der Waals surface area contributed by atoms with Gasteiger partial charge < -0.3 is 20.3 Å². The first-order valence-corrected chi connectivity index (χ1v) is 12.6. The van der Waals surface area contributed by atoms with E-state index in [9.17, 15) is 4.79 Å². The lowest BCUT2D eigenvalue weighted by molar-refractivity contribution is -0.124. The Kier molecular flexibility index (Phi) is 6.65. The third-order valence-corrected chi connectivity index (χ3v) is 7.35. The van der Waals surface area contributed by atoms with E-state index in [1.54, 1.807) is 0 Å². The van der Waals surface area contributed by atoms with Gasteiger partial charge in [0.1, 0.15) is 5.82 Å². The maximum atomic E-state index is 13.9. The van der Waals surface area contributed by atoms with E-state index in [2.05, 4.69) is 53.7 Å². The third kappa shape index (κ3) is 4.92. The van der Waals surface area contributed by atoms with Crippen molar-refractivity contribution in [1.29, 1.82) is 0 Å². The monoisotopic (exact) mass is 448 g/mol. The van der Waals surface area contributed by atoms with E-state index in [0.29, 0.717) is 12.5 Å². The summed E-state index contributed by atoms with van der Waals surface area (Å²) in [6.45, 7) is 6.84. The molecule has 33 heavy (non-hydrogen) atoms. The van der Waals surface area contributed by atoms with Crippen LogP contribution >= 0.6 is 0 Å². The second kappa shape index (κ2) is 9.82. The highest BCUT2D eigenvalue weighted by molar-refractivity contribution is 5.99. The molecule has 0 radical (unpaired) electrons. The van der Waals surface area contributed by atoms with Gasteiger partial charge in [-0.05, 0) is 95.1 Å². The lowest BCUT2D eigenvalue weighted by Crippen LogP contribution is -2.38. The first kappa shape index (κ1) is 22.4. The predicted molar refractivity (Wildman–Crippen MR) is 132 cm³/mol. The van der Waals surface area contributed by atoms with Crippen molar-refractivity contribution in [2.24, 2.45) is 5.92 Å². The summed E-state index contributed by atoms with van der Waals surface area (Å²) in [5, 5.41) is 6.97. The predicted octanol–water partition coefficient (Wildman–Crippen LogP) is 5.12. The van der Waals surface area contributed by atoms with Crippen molar-refractivity contribution in [2.75, 3.05) is 23.3 Å². The van der Waals surface area contributed by atoms with Crippen molar-refractivity contribution >= 4 is 23.1 Å². The minimum absolute atomic E-state index is 0.0469. The molecule has 3 heterocycles. The summed E-state index contributed by atoms with van der Waals surface area (Å²) in [5.74, 6) is 1.67. The van der Waals surface area contributed by atoms with Crippen LogP contribution < -0.4 is 15.5 Å². The van der Waals surface area contributed by atoms with E-state index < -0.39 is 0 Å². The van der Waals surface area contributed by atoms with Gasteiger partial charge in [-0.15, -0.1) is 0 Å². The summed E-state index contributed by atoms with van der Waals surface area (Å²) < 4.78 is 6.02. The molecule has 1 saturated heterocycles. The number of piperidine rings is 1. The van der Waals surface area contributed by atoms with E-state index in [1.807, 2.05) is 17.2 Å². The highest BCUT2D eigenvalue weighted by atomic mass is 16.5. The normalized spacial score (nSPS) is 23.4. The molecular weight excluding hydrogens is 412 g/mol. The molecule has 6 heteroatoms. The fraction of sp³-hybridized carbons (Fsp3) is 0.556. The van der Waals surface area contributed by atoms with Crippen LogP contribution in [0.15, 0.2) is 36.5 Å². The van der Waals surface area contributed by atoms with E-state index in [0.717, 1.165) is 74.4 Å². The zero-order valence-electron chi connectivity index (χ0n) is 19.8. The molecular formula is C27H36N4O2. The second-order valence-electron chi connectivity index (χ2n) is 10.0. The van der Waals surface area contributed by atoms with Crippen LogP contribution in [-0.2, 0) is 16.1 Å². The van der Waals surface area contributed by atoms with Gasteiger partial charge in [0, 0.05) is 17.7 Å². The van der Waals surface area contributed by atoms with E-state index in [1.165, 1.54) is 5.56 Å².